The van der Waals surface area contributed by atoms with Gasteiger partial charge in [-0.05, 0) is 46.3 Å². The number of hydrogen-bond donors (Lipinski definition) is 12. The Morgan fingerprint density at radius 2 is 1.74 bits per heavy atom. The molecular weight excluding hydrogens is 570 g/mol. The first-order valence-electron chi connectivity index (χ1n) is 14.9. The van der Waals surface area contributed by atoms with Gasteiger partial charge in [0, 0.05) is 25.0 Å². The summed E-state index contributed by atoms with van der Waals surface area (Å²) in [7, 11) is 1.57. The van der Waals surface area contributed by atoms with Gasteiger partial charge in [0.1, 0.15) is 36.1 Å². The molecule has 252 valence electrons. The maximum absolute atomic E-state index is 13.0. The smallest absolute Gasteiger partial charge is 0.249 e. The molecule has 1 amide bonds. The van der Waals surface area contributed by atoms with E-state index >= 15 is 0 Å². The number of carbonyl (C=O) groups excluding carboxylic acids is 1. The number of likely N-dealkylation sites (N-methyl/N-ethyl adjacent to an activating group) is 1. The first kappa shape index (κ1) is 36.3. The molecule has 3 rings (SSSR count). The lowest BCUT2D eigenvalue weighted by molar-refractivity contribution is -0.307. The molecule has 0 aromatic carbocycles. The molecule has 2 saturated heterocycles. The van der Waals surface area contributed by atoms with Gasteiger partial charge in [0.25, 0.3) is 0 Å². The number of aliphatic hydroxyl groups is 5. The predicted molar refractivity (Wildman–Crippen MR) is 153 cm³/mol. The number of nitrogens with one attached hydrogen (secondary N) is 3. The number of aliphatic hydroxyl groups excluding tert-OH is 4. The van der Waals surface area contributed by atoms with Gasteiger partial charge in [-0.1, -0.05) is 0 Å². The molecule has 16 N–H and O–H groups in total. The zero-order valence-corrected chi connectivity index (χ0v) is 25.0. The largest absolute Gasteiger partial charge is 0.395 e. The van der Waals surface area contributed by atoms with Crippen LogP contribution in [0.25, 0.3) is 0 Å². The maximum atomic E-state index is 13.0. The van der Waals surface area contributed by atoms with Crippen molar-refractivity contribution in [3.8, 4) is 0 Å². The molecule has 0 bridgehead atoms. The van der Waals surface area contributed by atoms with Crippen LogP contribution in [0.4, 0.5) is 0 Å². The molecule has 3 fully saturated rings. The molecule has 43 heavy (non-hydrogen) atoms. The van der Waals surface area contributed by atoms with Crippen LogP contribution < -0.4 is 38.9 Å². The van der Waals surface area contributed by atoms with E-state index in [0.29, 0.717) is 25.9 Å². The first-order valence-corrected chi connectivity index (χ1v) is 14.9. The topological polar surface area (TPSA) is 295 Å². The average molecular weight is 624 g/mol. The highest BCUT2D eigenvalue weighted by Crippen LogP contribution is 2.32. The van der Waals surface area contributed by atoms with E-state index < -0.39 is 84.7 Å². The molecule has 1 unspecified atom stereocenters. The van der Waals surface area contributed by atoms with Gasteiger partial charge in [0.05, 0.1) is 37.4 Å². The zero-order valence-electron chi connectivity index (χ0n) is 25.0. The lowest BCUT2D eigenvalue weighted by Crippen LogP contribution is -2.69. The van der Waals surface area contributed by atoms with Crippen molar-refractivity contribution in [1.82, 2.24) is 16.0 Å². The summed E-state index contributed by atoms with van der Waals surface area (Å²) in [6.07, 6.45) is -7.84. The molecule has 1 aliphatic carbocycles. The summed E-state index contributed by atoms with van der Waals surface area (Å²) >= 11 is 0. The second-order valence-corrected chi connectivity index (χ2v) is 12.0. The quantitative estimate of drug-likeness (QED) is 0.0801. The highest BCUT2D eigenvalue weighted by Gasteiger charge is 2.52. The van der Waals surface area contributed by atoms with E-state index in [-0.39, 0.29) is 38.8 Å². The van der Waals surface area contributed by atoms with Gasteiger partial charge >= 0.3 is 0 Å². The maximum Gasteiger partial charge on any atom is 0.249 e. The molecule has 17 heteroatoms. The molecule has 0 aromatic heterocycles. The number of ether oxygens (including phenoxy) is 4. The molecule has 0 spiro atoms. The van der Waals surface area contributed by atoms with Crippen LogP contribution in [0, 0.1) is 5.92 Å². The van der Waals surface area contributed by atoms with Crippen LogP contribution in [-0.2, 0) is 23.7 Å². The fourth-order valence-electron chi connectivity index (χ4n) is 5.95. The lowest BCUT2D eigenvalue weighted by Gasteiger charge is -2.49. The van der Waals surface area contributed by atoms with Crippen molar-refractivity contribution in [1.29, 1.82) is 0 Å². The Hall–Kier alpha value is -1.13. The minimum absolute atomic E-state index is 0.0173. The molecule has 0 radical (unpaired) electrons. The summed E-state index contributed by atoms with van der Waals surface area (Å²) in [6.45, 7) is 2.11. The molecule has 17 nitrogen and oxygen atoms in total. The molecule has 13 atom stereocenters. The van der Waals surface area contributed by atoms with Crippen molar-refractivity contribution in [2.45, 2.75) is 105 Å². The number of carbonyl (C=O) groups is 1. The van der Waals surface area contributed by atoms with E-state index in [2.05, 4.69) is 16.0 Å². The van der Waals surface area contributed by atoms with Crippen LogP contribution >= 0.6 is 0 Å². The summed E-state index contributed by atoms with van der Waals surface area (Å²) in [6, 6.07) is -3.13. The van der Waals surface area contributed by atoms with Gasteiger partial charge in [0.15, 0.2) is 12.6 Å². The summed E-state index contributed by atoms with van der Waals surface area (Å²) < 4.78 is 24.0. The number of rotatable bonds is 14. The third-order valence-corrected chi connectivity index (χ3v) is 8.55. The summed E-state index contributed by atoms with van der Waals surface area (Å²) in [4.78, 5) is 13.0. The summed E-state index contributed by atoms with van der Waals surface area (Å²) in [5.41, 5.74) is 22.6. The molecule has 2 aliphatic heterocycles. The highest BCUT2D eigenvalue weighted by molar-refractivity contribution is 5.81. The minimum Gasteiger partial charge on any atom is -0.395 e. The first-order chi connectivity index (χ1) is 20.4. The number of amides is 1. The van der Waals surface area contributed by atoms with Crippen molar-refractivity contribution < 1.29 is 49.3 Å². The van der Waals surface area contributed by atoms with Crippen LogP contribution in [0.3, 0.4) is 0 Å². The number of nitrogens with two attached hydrogens (primary N) is 4. The summed E-state index contributed by atoms with van der Waals surface area (Å²) in [5, 5.41) is 61.4. The van der Waals surface area contributed by atoms with E-state index in [1.165, 1.54) is 6.92 Å². The van der Waals surface area contributed by atoms with Gasteiger partial charge in [0.2, 0.25) is 5.91 Å². The Kier molecular flexibility index (Phi) is 13.9. The van der Waals surface area contributed by atoms with E-state index in [4.69, 9.17) is 47.0 Å². The van der Waals surface area contributed by atoms with Crippen molar-refractivity contribution in [3.63, 3.8) is 0 Å². The predicted octanol–water partition coefficient (Wildman–Crippen LogP) is -6.30. The molecular formula is C26H53N7O10. The van der Waals surface area contributed by atoms with E-state index in [9.17, 15) is 25.2 Å². The van der Waals surface area contributed by atoms with Crippen LogP contribution in [0.15, 0.2) is 0 Å². The third kappa shape index (κ3) is 8.99. The molecule has 2 heterocycles. The Balaban J connectivity index is 1.81. The van der Waals surface area contributed by atoms with Crippen molar-refractivity contribution in [2.24, 2.45) is 28.9 Å². The van der Waals surface area contributed by atoms with E-state index in [1.807, 2.05) is 0 Å². The van der Waals surface area contributed by atoms with Gasteiger partial charge in [-0.3, -0.25) is 4.79 Å². The molecule has 0 aromatic rings. The minimum atomic E-state index is -1.52. The van der Waals surface area contributed by atoms with Gasteiger partial charge in [-0.2, -0.15) is 0 Å². The normalized spacial score (nSPS) is 41.3. The van der Waals surface area contributed by atoms with E-state index in [0.717, 1.165) is 0 Å². The monoisotopic (exact) mass is 623 g/mol. The second kappa shape index (κ2) is 16.4. The van der Waals surface area contributed by atoms with Gasteiger partial charge < -0.3 is 83.4 Å². The Bertz CT molecular complexity index is 859. The average Bonchev–Trinajstić information content (AvgIpc) is 2.96. The Morgan fingerprint density at radius 3 is 2.37 bits per heavy atom. The lowest BCUT2D eigenvalue weighted by atomic mass is 9.83. The standard InChI is InChI=1S/C26H53N7O10/c1-26(39)11-40-25(19(37)22(26)31-2)43-21-16(33-23(38)17(35)12(8-27)9-28)7-15(30)20(18(21)36)42-24-14(29)4-3-13(41-24)10-32-5-6-34/h12-22,24-25,31-32,34-37,39H,3-11,27-30H2,1-2H3,(H,33,38)/t13-,14+,15-,16+,17?,18-,19+,20+,21-,22+,24+,25+,26-/m0/s1. The van der Waals surface area contributed by atoms with Gasteiger partial charge in [-0.25, -0.2) is 0 Å². The van der Waals surface area contributed by atoms with Crippen molar-refractivity contribution in [2.75, 3.05) is 46.4 Å². The SMILES string of the molecule is CN[C@@H]1[C@@H](O)[C@@H](O[C@@H]2[C@@H](O)[C@H](O[C@H]3O[C@H](CNCCO)CC[C@H]3N)[C@@H](N)C[C@H]2NC(=O)C(O)C(CN)CN)OC[C@]1(C)O. The van der Waals surface area contributed by atoms with Crippen molar-refractivity contribution >= 4 is 5.91 Å². The van der Waals surface area contributed by atoms with Gasteiger partial charge in [-0.15, -0.1) is 0 Å². The fraction of sp³-hybridized carbons (Fsp3) is 0.962. The Labute approximate surface area is 251 Å². The third-order valence-electron chi connectivity index (χ3n) is 8.55. The molecule has 1 saturated carbocycles. The number of hydrogen-bond acceptors (Lipinski definition) is 16. The summed E-state index contributed by atoms with van der Waals surface area (Å²) in [5.74, 6) is -1.49. The second-order valence-electron chi connectivity index (χ2n) is 12.0. The van der Waals surface area contributed by atoms with Crippen molar-refractivity contribution in [3.05, 3.63) is 0 Å². The van der Waals surface area contributed by atoms with Crippen LogP contribution in [0.2, 0.25) is 0 Å². The fourth-order valence-corrected chi connectivity index (χ4v) is 5.95. The zero-order chi connectivity index (χ0) is 31.9. The highest BCUT2D eigenvalue weighted by atomic mass is 16.7. The Morgan fingerprint density at radius 1 is 1.07 bits per heavy atom. The van der Waals surface area contributed by atoms with Crippen LogP contribution in [0.1, 0.15) is 26.2 Å². The molecule has 3 aliphatic rings. The van der Waals surface area contributed by atoms with Crippen LogP contribution in [0.5, 0.6) is 0 Å². The van der Waals surface area contributed by atoms with Crippen LogP contribution in [-0.4, -0.2) is 157 Å². The van der Waals surface area contributed by atoms with E-state index in [1.54, 1.807) is 7.05 Å².